The van der Waals surface area contributed by atoms with Gasteiger partial charge in [-0.3, -0.25) is 14.9 Å². The third-order valence-electron chi connectivity index (χ3n) is 3.11. The topological polar surface area (TPSA) is 72.2 Å². The van der Waals surface area contributed by atoms with Crippen molar-refractivity contribution in [2.45, 2.75) is 19.9 Å². The quantitative estimate of drug-likeness (QED) is 0.675. The van der Waals surface area contributed by atoms with E-state index < -0.39 is 4.92 Å². The normalized spacial score (nSPS) is 12.1. The fourth-order valence-corrected chi connectivity index (χ4v) is 2.78. The van der Waals surface area contributed by atoms with Crippen LogP contribution in [0.4, 0.5) is 5.00 Å². The van der Waals surface area contributed by atoms with Gasteiger partial charge in [-0.15, -0.1) is 0 Å². The van der Waals surface area contributed by atoms with Crippen LogP contribution < -0.4 is 5.32 Å². The molecule has 0 aliphatic heterocycles. The molecule has 1 amide bonds. The summed E-state index contributed by atoms with van der Waals surface area (Å²) < 4.78 is 0. The first-order chi connectivity index (χ1) is 9.99. The first-order valence-corrected chi connectivity index (χ1v) is 7.40. The molecule has 1 heterocycles. The van der Waals surface area contributed by atoms with Crippen LogP contribution >= 0.6 is 11.3 Å². The van der Waals surface area contributed by atoms with Crippen LogP contribution in [-0.4, -0.2) is 10.8 Å². The number of hydrogen-bond donors (Lipinski definition) is 1. The Morgan fingerprint density at radius 1 is 1.19 bits per heavy atom. The van der Waals surface area contributed by atoms with Crippen LogP contribution in [0.25, 0.3) is 0 Å². The number of carbonyl (C=O) groups excluding carboxylic acids is 1. The van der Waals surface area contributed by atoms with Crippen molar-refractivity contribution in [3.63, 3.8) is 0 Å². The van der Waals surface area contributed by atoms with E-state index in [1.807, 2.05) is 44.2 Å². The van der Waals surface area contributed by atoms with E-state index in [0.29, 0.717) is 4.88 Å². The molecule has 5 nitrogen and oxygen atoms in total. The van der Waals surface area contributed by atoms with Gasteiger partial charge in [-0.05, 0) is 17.5 Å². The van der Waals surface area contributed by atoms with E-state index in [-0.39, 0.29) is 22.9 Å². The predicted molar refractivity (Wildman–Crippen MR) is 82.5 cm³/mol. The summed E-state index contributed by atoms with van der Waals surface area (Å²) in [5.41, 5.74) is 1.02. The largest absolute Gasteiger partial charge is 0.344 e. The maximum Gasteiger partial charge on any atom is 0.324 e. The van der Waals surface area contributed by atoms with E-state index in [1.54, 1.807) is 0 Å². The highest BCUT2D eigenvalue weighted by Crippen LogP contribution is 2.26. The SMILES string of the molecule is CC(C)C(NC(=O)c1ccc([N+](=O)[O-])s1)c1ccccc1. The van der Waals surface area contributed by atoms with E-state index in [2.05, 4.69) is 5.32 Å². The third-order valence-corrected chi connectivity index (χ3v) is 4.14. The van der Waals surface area contributed by atoms with Crippen molar-refractivity contribution < 1.29 is 9.72 Å². The lowest BCUT2D eigenvalue weighted by atomic mass is 9.96. The lowest BCUT2D eigenvalue weighted by Gasteiger charge is -2.22. The number of nitrogens with one attached hydrogen (secondary N) is 1. The summed E-state index contributed by atoms with van der Waals surface area (Å²) >= 11 is 0.887. The van der Waals surface area contributed by atoms with Crippen molar-refractivity contribution >= 4 is 22.2 Å². The van der Waals surface area contributed by atoms with Crippen LogP contribution in [0, 0.1) is 16.0 Å². The lowest BCUT2D eigenvalue weighted by molar-refractivity contribution is -0.380. The molecule has 0 fully saturated rings. The molecule has 0 saturated heterocycles. The van der Waals surface area contributed by atoms with Crippen LogP contribution in [0.1, 0.15) is 35.1 Å². The number of amides is 1. The summed E-state index contributed by atoms with van der Waals surface area (Å²) in [6.07, 6.45) is 0. The Morgan fingerprint density at radius 3 is 2.38 bits per heavy atom. The van der Waals surface area contributed by atoms with Gasteiger partial charge in [0.2, 0.25) is 0 Å². The fourth-order valence-electron chi connectivity index (χ4n) is 2.06. The Kier molecular flexibility index (Phi) is 4.70. The molecule has 110 valence electrons. The van der Waals surface area contributed by atoms with Crippen molar-refractivity contribution in [3.05, 3.63) is 63.0 Å². The van der Waals surface area contributed by atoms with Crippen molar-refractivity contribution in [3.8, 4) is 0 Å². The molecule has 0 saturated carbocycles. The molecule has 1 aromatic heterocycles. The lowest BCUT2D eigenvalue weighted by Crippen LogP contribution is -2.31. The van der Waals surface area contributed by atoms with Crippen molar-refractivity contribution in [1.82, 2.24) is 5.32 Å². The van der Waals surface area contributed by atoms with Gasteiger partial charge in [0.25, 0.3) is 5.91 Å². The molecule has 0 aliphatic rings. The van der Waals surface area contributed by atoms with Gasteiger partial charge in [-0.25, -0.2) is 0 Å². The average Bonchev–Trinajstić information content (AvgIpc) is 2.95. The van der Waals surface area contributed by atoms with E-state index >= 15 is 0 Å². The number of rotatable bonds is 5. The summed E-state index contributed by atoms with van der Waals surface area (Å²) in [7, 11) is 0. The molecule has 2 rings (SSSR count). The van der Waals surface area contributed by atoms with Crippen LogP contribution in [-0.2, 0) is 0 Å². The minimum Gasteiger partial charge on any atom is -0.344 e. The molecule has 2 aromatic rings. The molecule has 1 aromatic carbocycles. The van der Waals surface area contributed by atoms with Gasteiger partial charge >= 0.3 is 5.00 Å². The number of nitrogens with zero attached hydrogens (tertiary/aromatic N) is 1. The Balaban J connectivity index is 2.17. The van der Waals surface area contributed by atoms with Gasteiger partial charge in [0.15, 0.2) is 0 Å². The smallest absolute Gasteiger partial charge is 0.324 e. The Hall–Kier alpha value is -2.21. The number of benzene rings is 1. The highest BCUT2D eigenvalue weighted by Gasteiger charge is 2.21. The van der Waals surface area contributed by atoms with E-state index in [9.17, 15) is 14.9 Å². The highest BCUT2D eigenvalue weighted by molar-refractivity contribution is 7.17. The summed E-state index contributed by atoms with van der Waals surface area (Å²) in [4.78, 5) is 22.8. The summed E-state index contributed by atoms with van der Waals surface area (Å²) in [5, 5.41) is 13.6. The van der Waals surface area contributed by atoms with Crippen molar-refractivity contribution in [2.75, 3.05) is 0 Å². The van der Waals surface area contributed by atoms with E-state index in [0.717, 1.165) is 16.9 Å². The van der Waals surface area contributed by atoms with Crippen LogP contribution in [0.5, 0.6) is 0 Å². The Bertz CT molecular complexity index is 637. The highest BCUT2D eigenvalue weighted by atomic mass is 32.1. The molecule has 0 bridgehead atoms. The van der Waals surface area contributed by atoms with Gasteiger partial charge in [0.1, 0.15) is 0 Å². The first-order valence-electron chi connectivity index (χ1n) is 6.59. The second kappa shape index (κ2) is 6.49. The zero-order valence-electron chi connectivity index (χ0n) is 11.8. The average molecular weight is 304 g/mol. The zero-order valence-corrected chi connectivity index (χ0v) is 12.6. The summed E-state index contributed by atoms with van der Waals surface area (Å²) in [6, 6.07) is 12.4. The van der Waals surface area contributed by atoms with Crippen LogP contribution in [0.2, 0.25) is 0 Å². The number of thiophene rings is 1. The molecule has 1 atom stereocenters. The van der Waals surface area contributed by atoms with Crippen LogP contribution in [0.15, 0.2) is 42.5 Å². The molecule has 6 heteroatoms. The number of carbonyl (C=O) groups is 1. The van der Waals surface area contributed by atoms with Crippen molar-refractivity contribution in [1.29, 1.82) is 0 Å². The second-order valence-electron chi connectivity index (χ2n) is 5.00. The van der Waals surface area contributed by atoms with Gasteiger partial charge in [-0.1, -0.05) is 55.5 Å². The Labute approximate surface area is 126 Å². The monoisotopic (exact) mass is 304 g/mol. The Morgan fingerprint density at radius 2 is 1.86 bits per heavy atom. The maximum atomic E-state index is 12.2. The van der Waals surface area contributed by atoms with Crippen molar-refractivity contribution in [2.24, 2.45) is 5.92 Å². The predicted octanol–water partition coefficient (Wildman–Crippen LogP) is 3.78. The van der Waals surface area contributed by atoms with Gasteiger partial charge in [0.05, 0.1) is 15.8 Å². The number of nitro groups is 1. The van der Waals surface area contributed by atoms with Gasteiger partial charge < -0.3 is 5.32 Å². The summed E-state index contributed by atoms with van der Waals surface area (Å²) in [6.45, 7) is 4.05. The van der Waals surface area contributed by atoms with E-state index in [1.165, 1.54) is 12.1 Å². The molecular weight excluding hydrogens is 288 g/mol. The molecule has 0 aliphatic carbocycles. The van der Waals surface area contributed by atoms with Gasteiger partial charge in [-0.2, -0.15) is 0 Å². The standard InChI is InChI=1S/C15H16N2O3S/c1-10(2)14(11-6-4-3-5-7-11)16-15(18)12-8-9-13(21-12)17(19)20/h3-10,14H,1-2H3,(H,16,18). The minimum atomic E-state index is -0.488. The van der Waals surface area contributed by atoms with Gasteiger partial charge in [0, 0.05) is 6.07 Å². The fraction of sp³-hybridized carbons (Fsp3) is 0.267. The first kappa shape index (κ1) is 15.2. The van der Waals surface area contributed by atoms with Crippen LogP contribution in [0.3, 0.4) is 0 Å². The molecule has 1 unspecified atom stereocenters. The number of hydrogen-bond acceptors (Lipinski definition) is 4. The molecule has 0 spiro atoms. The minimum absolute atomic E-state index is 0.0269. The molecule has 0 radical (unpaired) electrons. The second-order valence-corrected chi connectivity index (χ2v) is 6.06. The van der Waals surface area contributed by atoms with E-state index in [4.69, 9.17) is 0 Å². The maximum absolute atomic E-state index is 12.2. The molecule has 21 heavy (non-hydrogen) atoms. The summed E-state index contributed by atoms with van der Waals surface area (Å²) in [5.74, 6) is -0.0676. The molecule has 1 N–H and O–H groups in total. The molecular formula is C15H16N2O3S. The zero-order chi connectivity index (χ0) is 15.4. The third kappa shape index (κ3) is 3.66.